The van der Waals surface area contributed by atoms with Crippen LogP contribution in [0.4, 0.5) is 18.9 Å². The summed E-state index contributed by atoms with van der Waals surface area (Å²) in [7, 11) is -4.11. The van der Waals surface area contributed by atoms with Gasteiger partial charge in [-0.25, -0.2) is 8.42 Å². The maximum atomic E-state index is 12.9. The lowest BCUT2D eigenvalue weighted by Crippen LogP contribution is -2.43. The highest BCUT2D eigenvalue weighted by atomic mass is 35.5. The summed E-state index contributed by atoms with van der Waals surface area (Å²) in [5.74, 6) is -0.433. The smallest absolute Gasteiger partial charge is 0.308 e. The quantitative estimate of drug-likeness (QED) is 0.798. The summed E-state index contributed by atoms with van der Waals surface area (Å²) >= 11 is 5.54. The Kier molecular flexibility index (Phi) is 5.22. The molecule has 0 aromatic heterocycles. The lowest BCUT2D eigenvalue weighted by Gasteiger charge is -2.22. The van der Waals surface area contributed by atoms with Crippen molar-refractivity contribution >= 4 is 33.1 Å². The number of halogens is 4. The number of hydrogen-bond donors (Lipinski definition) is 2. The van der Waals surface area contributed by atoms with E-state index in [1.807, 2.05) is 10.3 Å². The SMILES string of the molecule is O=C1CCCCC1S(=O)(=O)NNc1ccc(Cl)cc1C(F)(F)F. The second-order valence-electron chi connectivity index (χ2n) is 5.16. The van der Waals surface area contributed by atoms with Crippen molar-refractivity contribution < 1.29 is 26.4 Å². The van der Waals surface area contributed by atoms with Gasteiger partial charge in [0.15, 0.2) is 5.78 Å². The normalized spacial score (nSPS) is 19.7. The Morgan fingerprint density at radius 1 is 1.22 bits per heavy atom. The molecule has 0 aliphatic heterocycles. The van der Waals surface area contributed by atoms with Crippen molar-refractivity contribution in [1.82, 2.24) is 4.83 Å². The van der Waals surface area contributed by atoms with Crippen molar-refractivity contribution in [3.05, 3.63) is 28.8 Å². The number of carbonyl (C=O) groups excluding carboxylic acids is 1. The largest absolute Gasteiger partial charge is 0.418 e. The molecule has 5 nitrogen and oxygen atoms in total. The van der Waals surface area contributed by atoms with E-state index in [2.05, 4.69) is 0 Å². The molecule has 2 N–H and O–H groups in total. The van der Waals surface area contributed by atoms with E-state index < -0.39 is 38.5 Å². The minimum Gasteiger partial charge on any atom is -0.308 e. The minimum atomic E-state index is -4.71. The average Bonchev–Trinajstić information content (AvgIpc) is 2.45. The zero-order chi connectivity index (χ0) is 17.3. The molecule has 0 heterocycles. The first kappa shape index (κ1) is 18.0. The molecule has 1 aliphatic carbocycles. The van der Waals surface area contributed by atoms with Gasteiger partial charge in [0.05, 0.1) is 11.3 Å². The molecule has 0 radical (unpaired) electrons. The maximum Gasteiger partial charge on any atom is 0.418 e. The second-order valence-corrected chi connectivity index (χ2v) is 7.46. The van der Waals surface area contributed by atoms with E-state index in [0.717, 1.165) is 6.07 Å². The average molecular weight is 371 g/mol. The minimum absolute atomic E-state index is 0.131. The number of Topliss-reactive ketones (excluding diaryl/α,β-unsaturated/α-hetero) is 1. The Hall–Kier alpha value is -1.32. The van der Waals surface area contributed by atoms with Gasteiger partial charge in [0.25, 0.3) is 0 Å². The molecule has 0 spiro atoms. The fraction of sp³-hybridized carbons (Fsp3) is 0.462. The Morgan fingerprint density at radius 3 is 2.52 bits per heavy atom. The van der Waals surface area contributed by atoms with Crippen LogP contribution in [0.15, 0.2) is 18.2 Å². The van der Waals surface area contributed by atoms with Gasteiger partial charge < -0.3 is 5.43 Å². The van der Waals surface area contributed by atoms with Crippen LogP contribution in [0, 0.1) is 0 Å². The monoisotopic (exact) mass is 370 g/mol. The summed E-state index contributed by atoms with van der Waals surface area (Å²) in [6.45, 7) is 0. The molecule has 2 rings (SSSR count). The Labute approximate surface area is 136 Å². The summed E-state index contributed by atoms with van der Waals surface area (Å²) in [5, 5.41) is -1.38. The number of ketones is 1. The number of hydrazine groups is 1. The van der Waals surface area contributed by atoms with E-state index in [-0.39, 0.29) is 17.9 Å². The number of anilines is 1. The van der Waals surface area contributed by atoms with E-state index in [1.54, 1.807) is 0 Å². The first-order chi connectivity index (χ1) is 10.6. The lowest BCUT2D eigenvalue weighted by atomic mass is 9.99. The molecule has 23 heavy (non-hydrogen) atoms. The van der Waals surface area contributed by atoms with E-state index in [1.165, 1.54) is 6.07 Å². The van der Waals surface area contributed by atoms with Gasteiger partial charge in [-0.2, -0.15) is 13.2 Å². The molecule has 0 bridgehead atoms. The van der Waals surface area contributed by atoms with E-state index in [4.69, 9.17) is 11.6 Å². The summed E-state index contributed by atoms with van der Waals surface area (Å²) in [4.78, 5) is 13.5. The van der Waals surface area contributed by atoms with Crippen LogP contribution in [0.1, 0.15) is 31.2 Å². The molecule has 1 aliphatic rings. The van der Waals surface area contributed by atoms with Crippen LogP contribution in [-0.2, 0) is 21.0 Å². The van der Waals surface area contributed by atoms with Crippen LogP contribution in [0.2, 0.25) is 5.02 Å². The van der Waals surface area contributed by atoms with Gasteiger partial charge in [-0.05, 0) is 31.0 Å². The van der Waals surface area contributed by atoms with Gasteiger partial charge in [-0.1, -0.05) is 18.0 Å². The number of rotatable bonds is 4. The highest BCUT2D eigenvalue weighted by Crippen LogP contribution is 2.36. The molecule has 10 heteroatoms. The van der Waals surface area contributed by atoms with Gasteiger partial charge in [0.1, 0.15) is 5.25 Å². The number of nitrogens with one attached hydrogen (secondary N) is 2. The third kappa shape index (κ3) is 4.36. The summed E-state index contributed by atoms with van der Waals surface area (Å²) in [5.41, 5.74) is 0.436. The Bertz CT molecular complexity index is 707. The van der Waals surface area contributed by atoms with Gasteiger partial charge in [-0.15, -0.1) is 4.83 Å². The van der Waals surface area contributed by atoms with E-state index in [9.17, 15) is 26.4 Å². The molecule has 0 saturated heterocycles. The number of benzene rings is 1. The van der Waals surface area contributed by atoms with Gasteiger partial charge in [0, 0.05) is 11.4 Å². The number of sulfonamides is 1. The van der Waals surface area contributed by atoms with Crippen LogP contribution in [0.5, 0.6) is 0 Å². The molecule has 1 aromatic rings. The van der Waals surface area contributed by atoms with Crippen LogP contribution in [0.3, 0.4) is 0 Å². The van der Waals surface area contributed by atoms with E-state index >= 15 is 0 Å². The first-order valence-electron chi connectivity index (χ1n) is 6.77. The van der Waals surface area contributed by atoms with Crippen molar-refractivity contribution in [3.8, 4) is 0 Å². The van der Waals surface area contributed by atoms with Crippen LogP contribution in [0.25, 0.3) is 0 Å². The van der Waals surface area contributed by atoms with Crippen molar-refractivity contribution in [3.63, 3.8) is 0 Å². The molecule has 128 valence electrons. The third-order valence-electron chi connectivity index (χ3n) is 3.49. The van der Waals surface area contributed by atoms with Crippen LogP contribution in [-0.4, -0.2) is 19.5 Å². The maximum absolute atomic E-state index is 12.9. The summed E-state index contributed by atoms with van der Waals surface area (Å²) in [6, 6.07) is 2.89. The predicted molar refractivity (Wildman–Crippen MR) is 79.4 cm³/mol. The zero-order valence-corrected chi connectivity index (χ0v) is 13.4. The third-order valence-corrected chi connectivity index (χ3v) is 5.36. The number of alkyl halides is 3. The molecule has 1 atom stereocenters. The van der Waals surface area contributed by atoms with Crippen molar-refractivity contribution in [2.75, 3.05) is 5.43 Å². The summed E-state index contributed by atoms with van der Waals surface area (Å²) in [6.07, 6.45) is -3.21. The second kappa shape index (κ2) is 6.66. The lowest BCUT2D eigenvalue weighted by molar-refractivity contribution is -0.137. The highest BCUT2D eigenvalue weighted by Gasteiger charge is 2.36. The molecule has 1 fully saturated rings. The Balaban J connectivity index is 2.19. The predicted octanol–water partition coefficient (Wildman–Crippen LogP) is 3.12. The molecular weight excluding hydrogens is 357 g/mol. The Morgan fingerprint density at radius 2 is 1.91 bits per heavy atom. The molecule has 0 amide bonds. The molecule has 1 unspecified atom stereocenters. The van der Waals surface area contributed by atoms with Gasteiger partial charge in [-0.3, -0.25) is 4.79 Å². The van der Waals surface area contributed by atoms with Gasteiger partial charge in [0.2, 0.25) is 10.0 Å². The first-order valence-corrected chi connectivity index (χ1v) is 8.70. The summed E-state index contributed by atoms with van der Waals surface area (Å²) < 4.78 is 63.0. The zero-order valence-electron chi connectivity index (χ0n) is 11.8. The van der Waals surface area contributed by atoms with Crippen LogP contribution >= 0.6 is 11.6 Å². The van der Waals surface area contributed by atoms with Crippen LogP contribution < -0.4 is 10.3 Å². The highest BCUT2D eigenvalue weighted by molar-refractivity contribution is 7.90. The number of carbonyl (C=O) groups is 1. The van der Waals surface area contributed by atoms with E-state index in [0.29, 0.717) is 18.9 Å². The topological polar surface area (TPSA) is 75.3 Å². The van der Waals surface area contributed by atoms with Crippen molar-refractivity contribution in [2.24, 2.45) is 0 Å². The van der Waals surface area contributed by atoms with Gasteiger partial charge >= 0.3 is 6.18 Å². The van der Waals surface area contributed by atoms with Crippen molar-refractivity contribution in [1.29, 1.82) is 0 Å². The van der Waals surface area contributed by atoms with Crippen molar-refractivity contribution in [2.45, 2.75) is 37.1 Å². The number of hydrogen-bond acceptors (Lipinski definition) is 4. The molecular formula is C13H14ClF3N2O3S. The fourth-order valence-corrected chi connectivity index (χ4v) is 3.84. The molecule has 1 saturated carbocycles. The standard InChI is InChI=1S/C13H14ClF3N2O3S/c14-8-5-6-10(9(7-8)13(15,16)17)18-19-23(21,22)12-4-2-1-3-11(12)20/h5-7,12,18-19H,1-4H2. The molecule has 1 aromatic carbocycles. The fourth-order valence-electron chi connectivity index (χ4n) is 2.34.